The predicted molar refractivity (Wildman–Crippen MR) is 62.6 cm³/mol. The summed E-state index contributed by atoms with van der Waals surface area (Å²) in [6.07, 6.45) is 0. The van der Waals surface area contributed by atoms with Crippen LogP contribution in [0.4, 0.5) is 0 Å². The molecule has 3 nitrogen and oxygen atoms in total. The summed E-state index contributed by atoms with van der Waals surface area (Å²) in [4.78, 5) is 24.9. The van der Waals surface area contributed by atoms with Crippen molar-refractivity contribution >= 4 is 27.7 Å². The third-order valence-corrected chi connectivity index (χ3v) is 4.52. The van der Waals surface area contributed by atoms with E-state index >= 15 is 0 Å². The standard InChI is InChI=1S/C11H18BrNO2/c1-6(2)9(12)11(15)13-5-7(3)8(4)10(13)14/h6-9H,5H2,1-4H3. The van der Waals surface area contributed by atoms with Crippen molar-refractivity contribution in [3.05, 3.63) is 0 Å². The number of imide groups is 1. The first kappa shape index (κ1) is 12.7. The van der Waals surface area contributed by atoms with Crippen molar-refractivity contribution in [3.63, 3.8) is 0 Å². The Hall–Kier alpha value is -0.380. The molecule has 0 aromatic rings. The maximum absolute atomic E-state index is 11.9. The van der Waals surface area contributed by atoms with Gasteiger partial charge in [-0.3, -0.25) is 14.5 Å². The zero-order valence-electron chi connectivity index (χ0n) is 9.66. The van der Waals surface area contributed by atoms with Crippen LogP contribution in [-0.2, 0) is 9.59 Å². The van der Waals surface area contributed by atoms with Crippen molar-refractivity contribution in [2.75, 3.05) is 6.54 Å². The summed E-state index contributed by atoms with van der Waals surface area (Å²) >= 11 is 3.34. The van der Waals surface area contributed by atoms with Crippen molar-refractivity contribution in [3.8, 4) is 0 Å². The van der Waals surface area contributed by atoms with Gasteiger partial charge in [0.25, 0.3) is 0 Å². The van der Waals surface area contributed by atoms with Crippen molar-refractivity contribution in [2.24, 2.45) is 17.8 Å². The van der Waals surface area contributed by atoms with E-state index in [0.29, 0.717) is 6.54 Å². The molecule has 3 atom stereocenters. The third kappa shape index (κ3) is 2.41. The normalized spacial score (nSPS) is 28.7. The van der Waals surface area contributed by atoms with Crippen LogP contribution in [0.15, 0.2) is 0 Å². The van der Waals surface area contributed by atoms with Gasteiger partial charge in [0.2, 0.25) is 11.8 Å². The first-order chi connectivity index (χ1) is 6.86. The van der Waals surface area contributed by atoms with Gasteiger partial charge in [-0.1, -0.05) is 43.6 Å². The molecule has 0 aromatic carbocycles. The van der Waals surface area contributed by atoms with Gasteiger partial charge in [-0.25, -0.2) is 0 Å². The smallest absolute Gasteiger partial charge is 0.243 e. The lowest BCUT2D eigenvalue weighted by Crippen LogP contribution is -2.40. The highest BCUT2D eigenvalue weighted by Crippen LogP contribution is 2.26. The van der Waals surface area contributed by atoms with Gasteiger partial charge >= 0.3 is 0 Å². The van der Waals surface area contributed by atoms with Crippen molar-refractivity contribution in [2.45, 2.75) is 32.5 Å². The van der Waals surface area contributed by atoms with E-state index in [0.717, 1.165) is 0 Å². The van der Waals surface area contributed by atoms with Crippen LogP contribution in [0.2, 0.25) is 0 Å². The molecule has 0 N–H and O–H groups in total. The summed E-state index contributed by atoms with van der Waals surface area (Å²) in [5.74, 6) is 0.328. The van der Waals surface area contributed by atoms with Gasteiger partial charge in [-0.2, -0.15) is 0 Å². The Morgan fingerprint density at radius 3 is 2.33 bits per heavy atom. The van der Waals surface area contributed by atoms with E-state index < -0.39 is 0 Å². The number of likely N-dealkylation sites (tertiary alicyclic amines) is 1. The van der Waals surface area contributed by atoms with E-state index in [1.54, 1.807) is 0 Å². The molecule has 0 aliphatic carbocycles. The van der Waals surface area contributed by atoms with Crippen LogP contribution >= 0.6 is 15.9 Å². The monoisotopic (exact) mass is 275 g/mol. The number of hydrogen-bond acceptors (Lipinski definition) is 2. The summed E-state index contributed by atoms with van der Waals surface area (Å²) in [5.41, 5.74) is 0. The lowest BCUT2D eigenvalue weighted by molar-refractivity contribution is -0.143. The van der Waals surface area contributed by atoms with Gasteiger partial charge in [0.05, 0.1) is 4.83 Å². The number of carbonyl (C=O) groups is 2. The zero-order valence-corrected chi connectivity index (χ0v) is 11.2. The average molecular weight is 276 g/mol. The van der Waals surface area contributed by atoms with Crippen LogP contribution in [-0.4, -0.2) is 28.1 Å². The van der Waals surface area contributed by atoms with E-state index in [1.165, 1.54) is 4.90 Å². The first-order valence-electron chi connectivity index (χ1n) is 5.35. The van der Waals surface area contributed by atoms with E-state index in [9.17, 15) is 9.59 Å². The molecule has 86 valence electrons. The van der Waals surface area contributed by atoms with Gasteiger partial charge in [0.15, 0.2) is 0 Å². The number of nitrogens with zero attached hydrogens (tertiary/aromatic N) is 1. The zero-order chi connectivity index (χ0) is 11.7. The van der Waals surface area contributed by atoms with E-state index in [4.69, 9.17) is 0 Å². The minimum absolute atomic E-state index is 0.0270. The minimum Gasteiger partial charge on any atom is -0.281 e. The second-order valence-corrected chi connectivity index (χ2v) is 5.69. The summed E-state index contributed by atoms with van der Waals surface area (Å²) in [6.45, 7) is 8.39. The molecule has 0 saturated carbocycles. The number of amides is 2. The Bertz CT molecular complexity index is 278. The molecule has 0 bridgehead atoms. The summed E-state index contributed by atoms with van der Waals surface area (Å²) < 4.78 is 0. The molecular formula is C11H18BrNO2. The molecule has 0 radical (unpaired) electrons. The summed E-state index contributed by atoms with van der Waals surface area (Å²) in [6, 6.07) is 0. The van der Waals surface area contributed by atoms with Crippen LogP contribution in [0.5, 0.6) is 0 Å². The van der Waals surface area contributed by atoms with Crippen molar-refractivity contribution in [1.82, 2.24) is 4.90 Å². The summed E-state index contributed by atoms with van der Waals surface area (Å²) in [5, 5.41) is 0. The van der Waals surface area contributed by atoms with Gasteiger partial charge < -0.3 is 0 Å². The van der Waals surface area contributed by atoms with Crippen LogP contribution in [0.3, 0.4) is 0 Å². The summed E-state index contributed by atoms with van der Waals surface area (Å²) in [7, 11) is 0. The molecule has 15 heavy (non-hydrogen) atoms. The van der Waals surface area contributed by atoms with Gasteiger partial charge in [0.1, 0.15) is 0 Å². The maximum atomic E-state index is 11.9. The molecule has 1 saturated heterocycles. The number of hydrogen-bond donors (Lipinski definition) is 0. The molecule has 1 heterocycles. The maximum Gasteiger partial charge on any atom is 0.243 e. The van der Waals surface area contributed by atoms with Crippen LogP contribution in [0, 0.1) is 17.8 Å². The Balaban J connectivity index is 2.74. The molecule has 2 amide bonds. The minimum atomic E-state index is -0.251. The van der Waals surface area contributed by atoms with Crippen LogP contribution in [0.25, 0.3) is 0 Å². The van der Waals surface area contributed by atoms with Gasteiger partial charge in [-0.05, 0) is 11.8 Å². The number of halogens is 1. The van der Waals surface area contributed by atoms with Gasteiger partial charge in [-0.15, -0.1) is 0 Å². The fourth-order valence-corrected chi connectivity index (χ4v) is 1.91. The molecule has 4 heteroatoms. The molecule has 1 aliphatic heterocycles. The molecule has 3 unspecified atom stereocenters. The Morgan fingerprint density at radius 2 is 2.00 bits per heavy atom. The number of carbonyl (C=O) groups excluding carboxylic acids is 2. The lowest BCUT2D eigenvalue weighted by atomic mass is 10.0. The fraction of sp³-hybridized carbons (Fsp3) is 0.818. The van der Waals surface area contributed by atoms with E-state index in [1.807, 2.05) is 27.7 Å². The second-order valence-electron chi connectivity index (χ2n) is 4.70. The molecule has 1 fully saturated rings. The average Bonchev–Trinajstić information content (AvgIpc) is 2.43. The van der Waals surface area contributed by atoms with E-state index in [2.05, 4.69) is 15.9 Å². The lowest BCUT2D eigenvalue weighted by Gasteiger charge is -2.20. The molecule has 1 rings (SSSR count). The fourth-order valence-electron chi connectivity index (χ4n) is 1.66. The van der Waals surface area contributed by atoms with Crippen LogP contribution < -0.4 is 0 Å². The largest absolute Gasteiger partial charge is 0.281 e. The number of alkyl halides is 1. The highest BCUT2D eigenvalue weighted by molar-refractivity contribution is 9.10. The molecule has 1 aliphatic rings. The third-order valence-electron chi connectivity index (χ3n) is 3.07. The Kier molecular flexibility index (Phi) is 3.93. The molecule has 0 aromatic heterocycles. The Morgan fingerprint density at radius 1 is 1.47 bits per heavy atom. The quantitative estimate of drug-likeness (QED) is 0.724. The SMILES string of the molecule is CC(C)C(Br)C(=O)N1CC(C)C(C)C1=O. The topological polar surface area (TPSA) is 37.4 Å². The number of rotatable bonds is 2. The van der Waals surface area contributed by atoms with Gasteiger partial charge in [0, 0.05) is 12.5 Å². The predicted octanol–water partition coefficient (Wildman–Crippen LogP) is 2.05. The second kappa shape index (κ2) is 4.64. The molecule has 0 spiro atoms. The molecular weight excluding hydrogens is 258 g/mol. The van der Waals surface area contributed by atoms with Crippen molar-refractivity contribution in [1.29, 1.82) is 0 Å². The van der Waals surface area contributed by atoms with Crippen molar-refractivity contribution < 1.29 is 9.59 Å². The highest BCUT2D eigenvalue weighted by Gasteiger charge is 2.40. The van der Waals surface area contributed by atoms with E-state index in [-0.39, 0.29) is 34.4 Å². The van der Waals surface area contributed by atoms with Crippen LogP contribution in [0.1, 0.15) is 27.7 Å². The first-order valence-corrected chi connectivity index (χ1v) is 6.27. The highest BCUT2D eigenvalue weighted by atomic mass is 79.9. The Labute approximate surface area is 99.3 Å².